The molecule has 1 aromatic carbocycles. The Hall–Kier alpha value is -3.52. The van der Waals surface area contributed by atoms with Crippen molar-refractivity contribution in [3.05, 3.63) is 59.5 Å². The SMILES string of the molecule is Cc1cc(-c2cc(C3(O)CCN(C)C3=O)on2)cc(-c2cccc(C(N)=O)n2)c1. The number of aromatic nitrogens is 2. The molecular weight excluding hydrogens is 372 g/mol. The number of nitrogens with zero attached hydrogens (tertiary/aromatic N) is 3. The van der Waals surface area contributed by atoms with Crippen molar-refractivity contribution in [2.45, 2.75) is 18.9 Å². The van der Waals surface area contributed by atoms with Crippen LogP contribution in [0.5, 0.6) is 0 Å². The fourth-order valence-electron chi connectivity index (χ4n) is 3.50. The highest BCUT2D eigenvalue weighted by atomic mass is 16.5. The minimum atomic E-state index is -1.69. The number of nitrogens with two attached hydrogens (primary N) is 1. The van der Waals surface area contributed by atoms with Gasteiger partial charge in [0, 0.05) is 37.2 Å². The molecule has 148 valence electrons. The number of aliphatic hydroxyl groups is 1. The van der Waals surface area contributed by atoms with Crippen molar-refractivity contribution in [3.63, 3.8) is 0 Å². The van der Waals surface area contributed by atoms with Gasteiger partial charge in [-0.25, -0.2) is 4.98 Å². The molecule has 1 unspecified atom stereocenters. The zero-order valence-corrected chi connectivity index (χ0v) is 16.0. The minimum absolute atomic E-state index is 0.124. The van der Waals surface area contributed by atoms with E-state index in [2.05, 4.69) is 10.1 Å². The zero-order chi connectivity index (χ0) is 20.8. The van der Waals surface area contributed by atoms with Crippen LogP contribution in [0.15, 0.2) is 47.0 Å². The molecule has 4 rings (SSSR count). The predicted molar refractivity (Wildman–Crippen MR) is 105 cm³/mol. The van der Waals surface area contributed by atoms with E-state index in [4.69, 9.17) is 10.3 Å². The lowest BCUT2D eigenvalue weighted by atomic mass is 9.97. The number of aryl methyl sites for hydroxylation is 1. The fourth-order valence-corrected chi connectivity index (χ4v) is 3.50. The minimum Gasteiger partial charge on any atom is -0.373 e. The maximum atomic E-state index is 12.3. The molecule has 0 aliphatic carbocycles. The third kappa shape index (κ3) is 3.27. The van der Waals surface area contributed by atoms with Crippen molar-refractivity contribution in [1.29, 1.82) is 0 Å². The number of benzene rings is 1. The number of likely N-dealkylation sites (tertiary alicyclic amines) is 1. The van der Waals surface area contributed by atoms with Crippen molar-refractivity contribution in [3.8, 4) is 22.5 Å². The number of rotatable bonds is 4. The average molecular weight is 392 g/mol. The first-order valence-corrected chi connectivity index (χ1v) is 9.12. The molecular formula is C21H20N4O4. The highest BCUT2D eigenvalue weighted by Crippen LogP contribution is 2.35. The number of amides is 2. The summed E-state index contributed by atoms with van der Waals surface area (Å²) < 4.78 is 5.34. The molecule has 3 aromatic rings. The van der Waals surface area contributed by atoms with Gasteiger partial charge in [-0.15, -0.1) is 0 Å². The Balaban J connectivity index is 1.73. The van der Waals surface area contributed by atoms with E-state index in [1.807, 2.05) is 25.1 Å². The molecule has 0 spiro atoms. The molecule has 8 nitrogen and oxygen atoms in total. The molecule has 2 amide bonds. The highest BCUT2D eigenvalue weighted by Gasteiger charge is 2.48. The first kappa shape index (κ1) is 18.8. The summed E-state index contributed by atoms with van der Waals surface area (Å²) in [4.78, 5) is 29.5. The summed E-state index contributed by atoms with van der Waals surface area (Å²) >= 11 is 0. The Morgan fingerprint density at radius 2 is 1.93 bits per heavy atom. The topological polar surface area (TPSA) is 123 Å². The van der Waals surface area contributed by atoms with Gasteiger partial charge < -0.3 is 20.3 Å². The highest BCUT2D eigenvalue weighted by molar-refractivity contribution is 5.91. The molecule has 2 aromatic heterocycles. The number of carbonyl (C=O) groups excluding carboxylic acids is 2. The van der Waals surface area contributed by atoms with E-state index >= 15 is 0 Å². The smallest absolute Gasteiger partial charge is 0.267 e. The van der Waals surface area contributed by atoms with Gasteiger partial charge >= 0.3 is 0 Å². The lowest BCUT2D eigenvalue weighted by Crippen LogP contribution is -2.35. The van der Waals surface area contributed by atoms with Crippen LogP contribution in [0.1, 0.15) is 28.2 Å². The summed E-state index contributed by atoms with van der Waals surface area (Å²) in [5, 5.41) is 14.8. The third-order valence-electron chi connectivity index (χ3n) is 5.10. The molecule has 29 heavy (non-hydrogen) atoms. The van der Waals surface area contributed by atoms with E-state index in [0.717, 1.165) is 16.7 Å². The molecule has 3 N–H and O–H groups in total. The second-order valence-corrected chi connectivity index (χ2v) is 7.27. The Labute approximate surface area is 166 Å². The van der Waals surface area contributed by atoms with E-state index in [1.165, 1.54) is 4.90 Å². The van der Waals surface area contributed by atoms with Gasteiger partial charge in [0.2, 0.25) is 5.60 Å². The summed E-state index contributed by atoms with van der Waals surface area (Å²) in [6.45, 7) is 2.37. The van der Waals surface area contributed by atoms with Crippen LogP contribution in [0.25, 0.3) is 22.5 Å². The Bertz CT molecular complexity index is 1120. The second kappa shape index (κ2) is 6.82. The number of hydrogen-bond donors (Lipinski definition) is 2. The van der Waals surface area contributed by atoms with Crippen LogP contribution < -0.4 is 5.73 Å². The quantitative estimate of drug-likeness (QED) is 0.699. The molecule has 1 aliphatic rings. The van der Waals surface area contributed by atoms with Crippen molar-refractivity contribution < 1.29 is 19.2 Å². The predicted octanol–water partition coefficient (Wildman–Crippen LogP) is 1.86. The van der Waals surface area contributed by atoms with Gasteiger partial charge in [0.05, 0.1) is 5.69 Å². The summed E-state index contributed by atoms with van der Waals surface area (Å²) in [6, 6.07) is 12.3. The van der Waals surface area contributed by atoms with Crippen molar-refractivity contribution in [2.75, 3.05) is 13.6 Å². The van der Waals surface area contributed by atoms with Crippen LogP contribution >= 0.6 is 0 Å². The first-order chi connectivity index (χ1) is 13.8. The molecule has 0 saturated carbocycles. The van der Waals surface area contributed by atoms with Gasteiger partial charge in [0.25, 0.3) is 11.8 Å². The van der Waals surface area contributed by atoms with Crippen LogP contribution in [0, 0.1) is 6.92 Å². The normalized spacial score (nSPS) is 19.0. The number of primary amides is 1. The molecule has 0 radical (unpaired) electrons. The molecule has 3 heterocycles. The van der Waals surface area contributed by atoms with E-state index < -0.39 is 17.4 Å². The van der Waals surface area contributed by atoms with Gasteiger partial charge in [0.15, 0.2) is 5.76 Å². The Morgan fingerprint density at radius 3 is 2.59 bits per heavy atom. The van der Waals surface area contributed by atoms with E-state index in [1.54, 1.807) is 31.3 Å². The maximum absolute atomic E-state index is 12.3. The van der Waals surface area contributed by atoms with Crippen LogP contribution in [-0.4, -0.2) is 45.6 Å². The van der Waals surface area contributed by atoms with Gasteiger partial charge in [-0.1, -0.05) is 11.2 Å². The van der Waals surface area contributed by atoms with E-state index in [9.17, 15) is 14.7 Å². The van der Waals surface area contributed by atoms with Crippen molar-refractivity contribution in [2.24, 2.45) is 5.73 Å². The van der Waals surface area contributed by atoms with Crippen LogP contribution in [0.3, 0.4) is 0 Å². The number of pyridine rings is 1. The monoisotopic (exact) mass is 392 g/mol. The molecule has 1 aliphatic heterocycles. The summed E-state index contributed by atoms with van der Waals surface area (Å²) in [6.07, 6.45) is 0.250. The Kier molecular flexibility index (Phi) is 4.43. The van der Waals surface area contributed by atoms with Crippen molar-refractivity contribution >= 4 is 11.8 Å². The standard InChI is InChI=1S/C21H20N4O4/c1-12-8-13(15-4-3-5-16(23-15)19(22)26)10-14(9-12)17-11-18(29-24-17)21(28)6-7-25(2)20(21)27/h3-5,8-11,28H,6-7H2,1-2H3,(H2,22,26). The lowest BCUT2D eigenvalue weighted by molar-refractivity contribution is -0.144. The van der Waals surface area contributed by atoms with Gasteiger partial charge in [-0.2, -0.15) is 0 Å². The van der Waals surface area contributed by atoms with Crippen LogP contribution in [0.4, 0.5) is 0 Å². The second-order valence-electron chi connectivity index (χ2n) is 7.27. The average Bonchev–Trinajstić information content (AvgIpc) is 3.30. The maximum Gasteiger partial charge on any atom is 0.267 e. The number of hydrogen-bond acceptors (Lipinski definition) is 6. The lowest BCUT2D eigenvalue weighted by Gasteiger charge is -2.16. The largest absolute Gasteiger partial charge is 0.373 e. The van der Waals surface area contributed by atoms with Crippen molar-refractivity contribution in [1.82, 2.24) is 15.0 Å². The fraction of sp³-hybridized carbons (Fsp3) is 0.238. The number of carbonyl (C=O) groups is 2. The third-order valence-corrected chi connectivity index (χ3v) is 5.10. The van der Waals surface area contributed by atoms with Gasteiger partial charge in [0.1, 0.15) is 11.4 Å². The van der Waals surface area contributed by atoms with E-state index in [0.29, 0.717) is 17.9 Å². The Morgan fingerprint density at radius 1 is 1.21 bits per heavy atom. The summed E-state index contributed by atoms with van der Waals surface area (Å²) in [5.74, 6) is -0.878. The first-order valence-electron chi connectivity index (χ1n) is 9.12. The van der Waals surface area contributed by atoms with Gasteiger partial charge in [-0.3, -0.25) is 9.59 Å². The zero-order valence-electron chi connectivity index (χ0n) is 16.0. The molecule has 1 fully saturated rings. The molecule has 0 bridgehead atoms. The molecule has 8 heteroatoms. The summed E-state index contributed by atoms with van der Waals surface area (Å²) in [5.41, 5.74) is 7.38. The number of likely N-dealkylation sites (N-methyl/N-ethyl adjacent to an activating group) is 1. The van der Waals surface area contributed by atoms with E-state index in [-0.39, 0.29) is 17.9 Å². The summed E-state index contributed by atoms with van der Waals surface area (Å²) in [7, 11) is 1.64. The van der Waals surface area contributed by atoms with Crippen LogP contribution in [-0.2, 0) is 10.4 Å². The molecule has 1 saturated heterocycles. The van der Waals surface area contributed by atoms with Gasteiger partial charge in [-0.05, 0) is 42.8 Å². The van der Waals surface area contributed by atoms with Crippen LogP contribution in [0.2, 0.25) is 0 Å². The molecule has 1 atom stereocenters.